The topological polar surface area (TPSA) is 55.4 Å². The number of para-hydroxylation sites is 1. The highest BCUT2D eigenvalue weighted by Crippen LogP contribution is 2.26. The smallest absolute Gasteiger partial charge is 0.405 e. The van der Waals surface area contributed by atoms with E-state index in [1.807, 2.05) is 0 Å². The van der Waals surface area contributed by atoms with Crippen LogP contribution in [0.1, 0.15) is 16.7 Å². The van der Waals surface area contributed by atoms with E-state index in [4.69, 9.17) is 0 Å². The van der Waals surface area contributed by atoms with Crippen molar-refractivity contribution in [3.8, 4) is 5.75 Å². The normalized spacial score (nSPS) is 12.2. The maximum atomic E-state index is 12.4. The van der Waals surface area contributed by atoms with E-state index < -0.39 is 22.1 Å². The van der Waals surface area contributed by atoms with E-state index in [2.05, 4.69) is 9.46 Å². The van der Waals surface area contributed by atoms with Crippen molar-refractivity contribution in [2.24, 2.45) is 0 Å². The Bertz CT molecular complexity index is 833. The molecule has 0 atom stereocenters. The number of halogens is 3. The van der Waals surface area contributed by atoms with E-state index in [-0.39, 0.29) is 17.0 Å². The number of hydrogen-bond donors (Lipinski definition) is 1. The van der Waals surface area contributed by atoms with Crippen LogP contribution in [0.4, 0.5) is 13.2 Å². The van der Waals surface area contributed by atoms with Crippen LogP contribution in [0.5, 0.6) is 5.75 Å². The fourth-order valence-electron chi connectivity index (χ4n) is 2.12. The summed E-state index contributed by atoms with van der Waals surface area (Å²) in [6.07, 6.45) is -4.85. The number of sulfonamides is 1. The lowest BCUT2D eigenvalue weighted by atomic mass is 10.2. The van der Waals surface area contributed by atoms with Crippen LogP contribution in [0, 0.1) is 13.8 Å². The van der Waals surface area contributed by atoms with Crippen molar-refractivity contribution in [3.05, 3.63) is 59.2 Å². The number of ether oxygens (including phenoxy) is 1. The van der Waals surface area contributed by atoms with Crippen LogP contribution >= 0.6 is 0 Å². The Morgan fingerprint density at radius 2 is 1.75 bits per heavy atom. The van der Waals surface area contributed by atoms with Crippen LogP contribution in [0.2, 0.25) is 0 Å². The van der Waals surface area contributed by atoms with E-state index in [0.717, 1.165) is 11.6 Å². The summed E-state index contributed by atoms with van der Waals surface area (Å²) in [5.74, 6) is -0.436. The van der Waals surface area contributed by atoms with Crippen LogP contribution in [0.3, 0.4) is 0 Å². The molecule has 0 fully saturated rings. The van der Waals surface area contributed by atoms with E-state index in [9.17, 15) is 21.6 Å². The molecule has 0 aromatic heterocycles. The Kier molecular flexibility index (Phi) is 5.19. The molecule has 0 aliphatic rings. The Hall–Kier alpha value is -2.06. The molecule has 2 rings (SSSR count). The van der Waals surface area contributed by atoms with Crippen LogP contribution < -0.4 is 9.46 Å². The predicted molar refractivity (Wildman–Crippen MR) is 83.1 cm³/mol. The Labute approximate surface area is 138 Å². The van der Waals surface area contributed by atoms with Gasteiger partial charge in [-0.2, -0.15) is 0 Å². The summed E-state index contributed by atoms with van der Waals surface area (Å²) in [5.41, 5.74) is 1.40. The van der Waals surface area contributed by atoms with Gasteiger partial charge in [0, 0.05) is 12.1 Å². The fraction of sp³-hybridized carbons (Fsp3) is 0.250. The van der Waals surface area contributed by atoms with Gasteiger partial charge in [-0.05, 0) is 37.1 Å². The van der Waals surface area contributed by atoms with Gasteiger partial charge in [0.2, 0.25) is 10.0 Å². The molecule has 0 aliphatic heterocycles. The number of benzene rings is 2. The molecule has 130 valence electrons. The molecular weight excluding hydrogens is 343 g/mol. The zero-order valence-corrected chi connectivity index (χ0v) is 13.8. The van der Waals surface area contributed by atoms with Gasteiger partial charge in [-0.1, -0.05) is 30.3 Å². The fourth-order valence-corrected chi connectivity index (χ4v) is 3.46. The minimum Gasteiger partial charge on any atom is -0.405 e. The molecule has 0 unspecified atom stereocenters. The average molecular weight is 359 g/mol. The monoisotopic (exact) mass is 359 g/mol. The standard InChI is InChI=1S/C16H16F3NO3S/c1-11-7-8-12(2)15(9-11)24(21,22)20-10-13-5-3-4-6-14(13)23-16(17,18)19/h3-9,20H,10H2,1-2H3. The van der Waals surface area contributed by atoms with Crippen molar-refractivity contribution in [3.63, 3.8) is 0 Å². The van der Waals surface area contributed by atoms with Gasteiger partial charge in [-0.3, -0.25) is 0 Å². The molecule has 0 aliphatic carbocycles. The highest BCUT2D eigenvalue weighted by atomic mass is 32.2. The highest BCUT2D eigenvalue weighted by molar-refractivity contribution is 7.89. The molecule has 0 spiro atoms. The summed E-state index contributed by atoms with van der Waals surface area (Å²) < 4.78 is 68.2. The third kappa shape index (κ3) is 4.72. The van der Waals surface area contributed by atoms with Crippen LogP contribution in [-0.2, 0) is 16.6 Å². The molecule has 0 amide bonds. The highest BCUT2D eigenvalue weighted by Gasteiger charge is 2.32. The molecule has 8 heteroatoms. The Morgan fingerprint density at radius 3 is 2.42 bits per heavy atom. The number of hydrogen-bond acceptors (Lipinski definition) is 3. The number of aryl methyl sites for hydroxylation is 2. The first-order valence-electron chi connectivity index (χ1n) is 6.99. The van der Waals surface area contributed by atoms with Crippen LogP contribution in [-0.4, -0.2) is 14.8 Å². The summed E-state index contributed by atoms with van der Waals surface area (Å²) in [6, 6.07) is 10.3. The first-order valence-corrected chi connectivity index (χ1v) is 8.47. The Morgan fingerprint density at radius 1 is 1.08 bits per heavy atom. The summed E-state index contributed by atoms with van der Waals surface area (Å²) in [5, 5.41) is 0. The van der Waals surface area contributed by atoms with E-state index in [1.165, 1.54) is 24.3 Å². The molecule has 0 bridgehead atoms. The van der Waals surface area contributed by atoms with Crippen molar-refractivity contribution in [1.29, 1.82) is 0 Å². The summed E-state index contributed by atoms with van der Waals surface area (Å²) in [6.45, 7) is 3.08. The van der Waals surface area contributed by atoms with E-state index in [1.54, 1.807) is 26.0 Å². The van der Waals surface area contributed by atoms with Crippen LogP contribution in [0.15, 0.2) is 47.4 Å². The lowest BCUT2D eigenvalue weighted by Crippen LogP contribution is -2.25. The van der Waals surface area contributed by atoms with Gasteiger partial charge in [-0.15, -0.1) is 13.2 Å². The van der Waals surface area contributed by atoms with Gasteiger partial charge >= 0.3 is 6.36 Å². The minimum atomic E-state index is -4.85. The zero-order chi connectivity index (χ0) is 18.0. The molecule has 0 heterocycles. The molecule has 24 heavy (non-hydrogen) atoms. The van der Waals surface area contributed by atoms with Crippen molar-refractivity contribution in [2.75, 3.05) is 0 Å². The molecule has 0 radical (unpaired) electrons. The van der Waals surface area contributed by atoms with Crippen molar-refractivity contribution in [1.82, 2.24) is 4.72 Å². The van der Waals surface area contributed by atoms with Gasteiger partial charge in [-0.25, -0.2) is 13.1 Å². The lowest BCUT2D eigenvalue weighted by Gasteiger charge is -2.14. The lowest BCUT2D eigenvalue weighted by molar-refractivity contribution is -0.274. The minimum absolute atomic E-state index is 0.0868. The SMILES string of the molecule is Cc1ccc(C)c(S(=O)(=O)NCc2ccccc2OC(F)(F)F)c1. The first-order chi connectivity index (χ1) is 11.1. The van der Waals surface area contributed by atoms with Crippen molar-refractivity contribution >= 4 is 10.0 Å². The van der Waals surface area contributed by atoms with Gasteiger partial charge in [0.05, 0.1) is 4.90 Å². The largest absolute Gasteiger partial charge is 0.573 e. The second-order valence-corrected chi connectivity index (χ2v) is 6.98. The summed E-state index contributed by atoms with van der Waals surface area (Å²) >= 11 is 0. The third-order valence-corrected chi connectivity index (χ3v) is 4.83. The maximum Gasteiger partial charge on any atom is 0.573 e. The number of nitrogens with one attached hydrogen (secondary N) is 1. The molecule has 2 aromatic rings. The maximum absolute atomic E-state index is 12.4. The van der Waals surface area contributed by atoms with Gasteiger partial charge in [0.1, 0.15) is 5.75 Å². The molecule has 0 saturated carbocycles. The second kappa shape index (κ2) is 6.82. The predicted octanol–water partition coefficient (Wildman–Crippen LogP) is 3.68. The molecule has 4 nitrogen and oxygen atoms in total. The first kappa shape index (κ1) is 18.3. The third-order valence-electron chi connectivity index (χ3n) is 3.28. The average Bonchev–Trinajstić information content (AvgIpc) is 2.47. The van der Waals surface area contributed by atoms with Gasteiger partial charge < -0.3 is 4.74 Å². The van der Waals surface area contributed by atoms with Crippen LogP contribution in [0.25, 0.3) is 0 Å². The summed E-state index contributed by atoms with van der Waals surface area (Å²) in [7, 11) is -3.86. The Balaban J connectivity index is 2.23. The van der Waals surface area contributed by atoms with Crippen molar-refractivity contribution < 1.29 is 26.3 Å². The van der Waals surface area contributed by atoms with Gasteiger partial charge in [0.25, 0.3) is 0 Å². The van der Waals surface area contributed by atoms with Crippen molar-refractivity contribution in [2.45, 2.75) is 31.7 Å². The van der Waals surface area contributed by atoms with E-state index in [0.29, 0.717) is 5.56 Å². The molecule has 1 N–H and O–H groups in total. The quantitative estimate of drug-likeness (QED) is 0.886. The number of alkyl halides is 3. The van der Waals surface area contributed by atoms with Gasteiger partial charge in [0.15, 0.2) is 0 Å². The molecular formula is C16H16F3NO3S. The zero-order valence-electron chi connectivity index (χ0n) is 13.0. The molecule has 2 aromatic carbocycles. The molecule has 0 saturated heterocycles. The summed E-state index contributed by atoms with van der Waals surface area (Å²) in [4.78, 5) is 0.0942. The second-order valence-electron chi connectivity index (χ2n) is 5.25. The number of rotatable bonds is 5. The van der Waals surface area contributed by atoms with E-state index >= 15 is 0 Å².